The van der Waals surface area contributed by atoms with Crippen molar-refractivity contribution < 1.29 is 9.59 Å². The van der Waals surface area contributed by atoms with Crippen LogP contribution in [-0.4, -0.2) is 16.8 Å². The molecule has 1 saturated heterocycles. The molecule has 2 aromatic carbocycles. The van der Waals surface area contributed by atoms with Crippen molar-refractivity contribution >= 4 is 11.9 Å². The maximum absolute atomic E-state index is 13.0. The van der Waals surface area contributed by atoms with E-state index in [1.165, 1.54) is 4.90 Å². The number of urea groups is 1. The topological polar surface area (TPSA) is 49.4 Å². The van der Waals surface area contributed by atoms with Crippen molar-refractivity contribution in [2.75, 3.05) is 0 Å². The molecule has 1 heterocycles. The van der Waals surface area contributed by atoms with Crippen LogP contribution < -0.4 is 5.32 Å². The number of carbonyl (C=O) groups excluding carboxylic acids is 2. The van der Waals surface area contributed by atoms with E-state index >= 15 is 0 Å². The average Bonchev–Trinajstić information content (AvgIpc) is 2.75. The molecule has 0 bridgehead atoms. The van der Waals surface area contributed by atoms with Crippen LogP contribution >= 0.6 is 0 Å². The van der Waals surface area contributed by atoms with E-state index in [0.717, 1.165) is 27.8 Å². The summed E-state index contributed by atoms with van der Waals surface area (Å²) in [5.41, 5.74) is 4.09. The molecule has 0 radical (unpaired) electrons. The summed E-state index contributed by atoms with van der Waals surface area (Å²) in [4.78, 5) is 26.7. The molecule has 1 fully saturated rings. The Kier molecular flexibility index (Phi) is 3.91. The lowest BCUT2D eigenvalue weighted by atomic mass is 9.91. The predicted octanol–water partition coefficient (Wildman–Crippen LogP) is 3.58. The fourth-order valence-electron chi connectivity index (χ4n) is 3.06. The summed E-state index contributed by atoms with van der Waals surface area (Å²) >= 11 is 0. The Morgan fingerprint density at radius 2 is 1.58 bits per heavy atom. The van der Waals surface area contributed by atoms with Crippen molar-refractivity contribution in [1.82, 2.24) is 10.2 Å². The highest BCUT2D eigenvalue weighted by molar-refractivity contribution is 6.07. The van der Waals surface area contributed by atoms with Crippen LogP contribution in [0.15, 0.2) is 42.5 Å². The van der Waals surface area contributed by atoms with E-state index < -0.39 is 5.54 Å². The van der Waals surface area contributed by atoms with E-state index in [9.17, 15) is 9.59 Å². The van der Waals surface area contributed by atoms with E-state index in [2.05, 4.69) is 5.32 Å². The molecule has 0 saturated carbocycles. The molecule has 1 aliphatic heterocycles. The lowest BCUT2D eigenvalue weighted by Crippen LogP contribution is -2.40. The summed E-state index contributed by atoms with van der Waals surface area (Å²) < 4.78 is 0. The van der Waals surface area contributed by atoms with E-state index in [-0.39, 0.29) is 11.9 Å². The van der Waals surface area contributed by atoms with Gasteiger partial charge in [0.2, 0.25) is 0 Å². The predicted molar refractivity (Wildman–Crippen MR) is 93.5 cm³/mol. The van der Waals surface area contributed by atoms with Gasteiger partial charge in [0.1, 0.15) is 5.54 Å². The van der Waals surface area contributed by atoms with Gasteiger partial charge >= 0.3 is 6.03 Å². The lowest BCUT2D eigenvalue weighted by molar-refractivity contribution is -0.131. The van der Waals surface area contributed by atoms with Gasteiger partial charge in [0.05, 0.1) is 6.54 Å². The molecule has 0 unspecified atom stereocenters. The van der Waals surface area contributed by atoms with E-state index in [1.807, 2.05) is 63.2 Å². The summed E-state index contributed by atoms with van der Waals surface area (Å²) in [6.07, 6.45) is 0. The first-order valence-electron chi connectivity index (χ1n) is 8.08. The molecule has 124 valence electrons. The summed E-state index contributed by atoms with van der Waals surface area (Å²) in [5.74, 6) is -0.211. The molecule has 24 heavy (non-hydrogen) atoms. The van der Waals surface area contributed by atoms with Crippen molar-refractivity contribution in [2.45, 2.75) is 39.8 Å². The minimum atomic E-state index is -1.01. The molecule has 1 aliphatic rings. The number of hydrogen-bond acceptors (Lipinski definition) is 2. The number of carbonyl (C=O) groups is 2. The fraction of sp³-hybridized carbons (Fsp3) is 0.300. The Balaban J connectivity index is 1.91. The van der Waals surface area contributed by atoms with Gasteiger partial charge < -0.3 is 5.32 Å². The van der Waals surface area contributed by atoms with Gasteiger partial charge in [-0.2, -0.15) is 0 Å². The number of hydrogen-bond donors (Lipinski definition) is 1. The largest absolute Gasteiger partial charge is 0.325 e. The number of nitrogens with one attached hydrogen (secondary N) is 1. The number of aryl methyl sites for hydroxylation is 3. The highest BCUT2D eigenvalue weighted by Gasteiger charge is 2.48. The summed E-state index contributed by atoms with van der Waals surface area (Å²) in [7, 11) is 0. The highest BCUT2D eigenvalue weighted by atomic mass is 16.2. The van der Waals surface area contributed by atoms with Gasteiger partial charge in [0.15, 0.2) is 0 Å². The molecule has 4 heteroatoms. The van der Waals surface area contributed by atoms with E-state index in [4.69, 9.17) is 0 Å². The first-order chi connectivity index (χ1) is 11.3. The number of rotatable bonds is 3. The molecule has 1 N–H and O–H groups in total. The maximum atomic E-state index is 13.0. The minimum Gasteiger partial charge on any atom is -0.319 e. The second kappa shape index (κ2) is 5.78. The summed E-state index contributed by atoms with van der Waals surface area (Å²) in [6, 6.07) is 13.4. The Labute approximate surface area is 142 Å². The zero-order valence-corrected chi connectivity index (χ0v) is 14.5. The first-order valence-corrected chi connectivity index (χ1v) is 8.08. The van der Waals surface area contributed by atoms with Crippen molar-refractivity contribution in [1.29, 1.82) is 0 Å². The SMILES string of the molecule is Cc1ccc([C@]2(C)NC(=O)N(Cc3cc(C)ccc3C)C2=O)cc1. The third kappa shape index (κ3) is 2.68. The quantitative estimate of drug-likeness (QED) is 0.878. The highest BCUT2D eigenvalue weighted by Crippen LogP contribution is 2.30. The fourth-order valence-corrected chi connectivity index (χ4v) is 3.06. The van der Waals surface area contributed by atoms with Gasteiger partial charge in [-0.15, -0.1) is 0 Å². The second-order valence-corrected chi connectivity index (χ2v) is 6.74. The van der Waals surface area contributed by atoms with Gasteiger partial charge in [-0.1, -0.05) is 53.6 Å². The molecular weight excluding hydrogens is 300 g/mol. The Hall–Kier alpha value is -2.62. The van der Waals surface area contributed by atoms with Gasteiger partial charge in [0, 0.05) is 0 Å². The van der Waals surface area contributed by atoms with Crippen molar-refractivity contribution in [3.05, 3.63) is 70.3 Å². The molecule has 0 aromatic heterocycles. The van der Waals surface area contributed by atoms with Crippen LogP contribution in [-0.2, 0) is 16.9 Å². The zero-order valence-electron chi connectivity index (χ0n) is 14.5. The molecular formula is C20H22N2O2. The Morgan fingerprint density at radius 3 is 2.25 bits per heavy atom. The molecule has 3 rings (SSSR count). The third-order valence-electron chi connectivity index (χ3n) is 4.74. The monoisotopic (exact) mass is 322 g/mol. The van der Waals surface area contributed by atoms with E-state index in [1.54, 1.807) is 6.92 Å². The van der Waals surface area contributed by atoms with E-state index in [0.29, 0.717) is 6.54 Å². The molecule has 2 aromatic rings. The third-order valence-corrected chi connectivity index (χ3v) is 4.74. The van der Waals surface area contributed by atoms with Crippen molar-refractivity contribution in [2.24, 2.45) is 0 Å². The van der Waals surface area contributed by atoms with Crippen LogP contribution in [0.25, 0.3) is 0 Å². The molecule has 4 nitrogen and oxygen atoms in total. The van der Waals surface area contributed by atoms with Crippen LogP contribution in [0, 0.1) is 20.8 Å². The lowest BCUT2D eigenvalue weighted by Gasteiger charge is -2.22. The molecule has 0 aliphatic carbocycles. The number of imide groups is 1. The van der Waals surface area contributed by atoms with Crippen LogP contribution in [0.3, 0.4) is 0 Å². The molecule has 3 amide bonds. The molecule has 0 spiro atoms. The van der Waals surface area contributed by atoms with Crippen LogP contribution in [0.5, 0.6) is 0 Å². The van der Waals surface area contributed by atoms with Crippen molar-refractivity contribution in [3.63, 3.8) is 0 Å². The average molecular weight is 322 g/mol. The maximum Gasteiger partial charge on any atom is 0.325 e. The summed E-state index contributed by atoms with van der Waals surface area (Å²) in [6.45, 7) is 8.05. The normalized spacial score (nSPS) is 20.4. The summed E-state index contributed by atoms with van der Waals surface area (Å²) in [5, 5.41) is 2.86. The molecule has 1 atom stereocenters. The Bertz CT molecular complexity index is 811. The van der Waals surface area contributed by atoms with Crippen LogP contribution in [0.1, 0.15) is 34.7 Å². The van der Waals surface area contributed by atoms with Crippen LogP contribution in [0.2, 0.25) is 0 Å². The standard InChI is InChI=1S/C20H22N2O2/c1-13-6-9-17(10-7-13)20(4)18(23)22(19(24)21-20)12-16-11-14(2)5-8-15(16)3/h5-11H,12H2,1-4H3,(H,21,24)/t20-/m0/s1. The van der Waals surface area contributed by atoms with Gasteiger partial charge in [-0.3, -0.25) is 9.69 Å². The van der Waals surface area contributed by atoms with Gasteiger partial charge in [-0.25, -0.2) is 4.79 Å². The first kappa shape index (κ1) is 16.2. The number of nitrogens with zero attached hydrogens (tertiary/aromatic N) is 1. The van der Waals surface area contributed by atoms with Crippen LogP contribution in [0.4, 0.5) is 4.79 Å². The van der Waals surface area contributed by atoms with Crippen molar-refractivity contribution in [3.8, 4) is 0 Å². The number of amides is 3. The minimum absolute atomic E-state index is 0.211. The zero-order chi connectivity index (χ0) is 17.5. The smallest absolute Gasteiger partial charge is 0.319 e. The Morgan fingerprint density at radius 1 is 0.958 bits per heavy atom. The second-order valence-electron chi connectivity index (χ2n) is 6.74. The number of benzene rings is 2. The van der Waals surface area contributed by atoms with Gasteiger partial charge in [-0.05, 0) is 44.4 Å². The van der Waals surface area contributed by atoms with Gasteiger partial charge in [0.25, 0.3) is 5.91 Å².